The van der Waals surface area contributed by atoms with Crippen molar-refractivity contribution in [2.24, 2.45) is 16.3 Å². The first-order valence-electron chi connectivity index (χ1n) is 10.9. The molecular weight excluding hydrogens is 398 g/mol. The minimum atomic E-state index is -0.251. The Bertz CT molecular complexity index is 713. The zero-order valence-electron chi connectivity index (χ0n) is 20.1. The summed E-state index contributed by atoms with van der Waals surface area (Å²) in [5, 5.41) is 6.61. The standard InChI is InChI=1S/C22H39N5O4/c1-22(2,3)21-25-18(24-9-8-10-30-6)17(14-26(21)4)19(28)27(5)16-11-15(12-23-13-16)20(29)31-7/h15-16,23-24H,8-14H2,1-7H3/t15-,16+/m1/s1. The summed E-state index contributed by atoms with van der Waals surface area (Å²) in [6.07, 6.45) is 1.40. The summed E-state index contributed by atoms with van der Waals surface area (Å²) in [7, 11) is 6.84. The van der Waals surface area contributed by atoms with Gasteiger partial charge in [0.15, 0.2) is 0 Å². The summed E-state index contributed by atoms with van der Waals surface area (Å²) < 4.78 is 10.0. The molecule has 2 N–H and O–H groups in total. The Morgan fingerprint density at radius 2 is 2.00 bits per heavy atom. The highest BCUT2D eigenvalue weighted by molar-refractivity contribution is 5.98. The molecular formula is C22H39N5O4. The number of carbonyl (C=O) groups excluding carboxylic acids is 2. The van der Waals surface area contributed by atoms with Gasteiger partial charge in [-0.05, 0) is 12.8 Å². The van der Waals surface area contributed by atoms with Crippen molar-refractivity contribution in [3.05, 3.63) is 11.4 Å². The molecule has 0 spiro atoms. The van der Waals surface area contributed by atoms with Gasteiger partial charge in [0.2, 0.25) is 0 Å². The first-order chi connectivity index (χ1) is 14.6. The fourth-order valence-electron chi connectivity index (χ4n) is 4.06. The highest BCUT2D eigenvalue weighted by atomic mass is 16.5. The Hall–Kier alpha value is -2.13. The van der Waals surface area contributed by atoms with Crippen LogP contribution in [-0.4, -0.2) is 94.7 Å². The van der Waals surface area contributed by atoms with Crippen molar-refractivity contribution in [1.29, 1.82) is 0 Å². The molecule has 1 amide bonds. The number of piperidine rings is 1. The van der Waals surface area contributed by atoms with Crippen molar-refractivity contribution >= 4 is 17.7 Å². The van der Waals surface area contributed by atoms with E-state index in [-0.39, 0.29) is 29.3 Å². The molecule has 2 aliphatic rings. The number of rotatable bonds is 8. The predicted octanol–water partition coefficient (Wildman–Crippen LogP) is 0.824. The molecule has 1 fully saturated rings. The normalized spacial score (nSPS) is 22.2. The van der Waals surface area contributed by atoms with E-state index in [9.17, 15) is 9.59 Å². The number of likely N-dealkylation sites (N-methyl/N-ethyl adjacent to an activating group) is 2. The first-order valence-corrected chi connectivity index (χ1v) is 10.9. The third-order valence-electron chi connectivity index (χ3n) is 5.74. The minimum Gasteiger partial charge on any atom is -0.469 e. The number of aliphatic imine (C=N–C) groups is 1. The van der Waals surface area contributed by atoms with Gasteiger partial charge < -0.3 is 29.9 Å². The van der Waals surface area contributed by atoms with E-state index in [0.717, 1.165) is 12.3 Å². The summed E-state index contributed by atoms with van der Waals surface area (Å²) in [6, 6.07) is -0.0918. The van der Waals surface area contributed by atoms with Crippen LogP contribution in [0.1, 0.15) is 33.6 Å². The number of ether oxygens (including phenoxy) is 2. The van der Waals surface area contributed by atoms with Gasteiger partial charge in [-0.25, -0.2) is 4.99 Å². The Morgan fingerprint density at radius 3 is 2.61 bits per heavy atom. The molecule has 31 heavy (non-hydrogen) atoms. The highest BCUT2D eigenvalue weighted by Gasteiger charge is 2.36. The van der Waals surface area contributed by atoms with Crippen molar-refractivity contribution in [3.63, 3.8) is 0 Å². The first kappa shape index (κ1) is 25.1. The molecule has 0 aromatic carbocycles. The smallest absolute Gasteiger partial charge is 0.310 e. The van der Waals surface area contributed by atoms with Crippen molar-refractivity contribution in [3.8, 4) is 0 Å². The number of hydrogen-bond donors (Lipinski definition) is 2. The number of carbonyl (C=O) groups is 2. The van der Waals surface area contributed by atoms with E-state index in [2.05, 4.69) is 31.4 Å². The summed E-state index contributed by atoms with van der Waals surface area (Å²) >= 11 is 0. The van der Waals surface area contributed by atoms with Gasteiger partial charge in [-0.3, -0.25) is 9.59 Å². The van der Waals surface area contributed by atoms with Crippen molar-refractivity contribution in [1.82, 2.24) is 20.4 Å². The van der Waals surface area contributed by atoms with Gasteiger partial charge in [0.05, 0.1) is 25.1 Å². The number of methoxy groups -OCH3 is 2. The molecule has 2 aliphatic heterocycles. The number of hydrogen-bond acceptors (Lipinski definition) is 8. The highest BCUT2D eigenvalue weighted by Crippen LogP contribution is 2.26. The van der Waals surface area contributed by atoms with Crippen LogP contribution in [0, 0.1) is 11.3 Å². The molecule has 2 rings (SSSR count). The van der Waals surface area contributed by atoms with Crippen LogP contribution in [0.25, 0.3) is 0 Å². The molecule has 0 unspecified atom stereocenters. The lowest BCUT2D eigenvalue weighted by atomic mass is 9.92. The Kier molecular flexibility index (Phi) is 8.88. The van der Waals surface area contributed by atoms with Gasteiger partial charge >= 0.3 is 5.97 Å². The van der Waals surface area contributed by atoms with Gasteiger partial charge in [0, 0.05) is 58.9 Å². The third-order valence-corrected chi connectivity index (χ3v) is 5.74. The molecule has 0 aliphatic carbocycles. The molecule has 0 radical (unpaired) electrons. The summed E-state index contributed by atoms with van der Waals surface area (Å²) in [6.45, 7) is 9.35. The van der Waals surface area contributed by atoms with E-state index in [1.54, 1.807) is 19.1 Å². The second kappa shape index (κ2) is 10.9. The predicted molar refractivity (Wildman–Crippen MR) is 121 cm³/mol. The topological polar surface area (TPSA) is 95.5 Å². The maximum absolute atomic E-state index is 13.5. The molecule has 0 saturated carbocycles. The third kappa shape index (κ3) is 6.43. The van der Waals surface area contributed by atoms with E-state index in [0.29, 0.717) is 50.6 Å². The van der Waals surface area contributed by atoms with Crippen LogP contribution in [0.2, 0.25) is 0 Å². The Balaban J connectivity index is 2.26. The Morgan fingerprint density at radius 1 is 1.29 bits per heavy atom. The molecule has 1 saturated heterocycles. The van der Waals surface area contributed by atoms with Gasteiger partial charge in [-0.15, -0.1) is 0 Å². The molecule has 9 nitrogen and oxygen atoms in total. The zero-order chi connectivity index (χ0) is 23.2. The molecule has 2 atom stereocenters. The van der Waals surface area contributed by atoms with Crippen molar-refractivity contribution < 1.29 is 19.1 Å². The number of esters is 1. The number of amidine groups is 1. The van der Waals surface area contributed by atoms with E-state index < -0.39 is 0 Å². The summed E-state index contributed by atoms with van der Waals surface area (Å²) in [5.41, 5.74) is 0.492. The fourth-order valence-corrected chi connectivity index (χ4v) is 4.06. The van der Waals surface area contributed by atoms with E-state index in [1.807, 2.05) is 11.9 Å². The lowest BCUT2D eigenvalue weighted by molar-refractivity contribution is -0.147. The quantitative estimate of drug-likeness (QED) is 0.429. The van der Waals surface area contributed by atoms with Gasteiger partial charge in [0.25, 0.3) is 5.91 Å². The molecule has 0 aromatic rings. The Labute approximate surface area is 186 Å². The summed E-state index contributed by atoms with van der Waals surface area (Å²) in [5.74, 6) is 0.999. The second-order valence-corrected chi connectivity index (χ2v) is 9.33. The maximum Gasteiger partial charge on any atom is 0.310 e. The van der Waals surface area contributed by atoms with Crippen molar-refractivity contribution in [2.45, 2.75) is 39.7 Å². The van der Waals surface area contributed by atoms with Gasteiger partial charge in [-0.1, -0.05) is 20.8 Å². The number of nitrogens with one attached hydrogen (secondary N) is 2. The van der Waals surface area contributed by atoms with E-state index >= 15 is 0 Å². The monoisotopic (exact) mass is 437 g/mol. The largest absolute Gasteiger partial charge is 0.469 e. The second-order valence-electron chi connectivity index (χ2n) is 9.33. The van der Waals surface area contributed by atoms with Crippen LogP contribution in [0.5, 0.6) is 0 Å². The van der Waals surface area contributed by atoms with Crippen LogP contribution in [0.3, 0.4) is 0 Å². The molecule has 0 bridgehead atoms. The molecule has 2 heterocycles. The zero-order valence-corrected chi connectivity index (χ0v) is 20.1. The average molecular weight is 438 g/mol. The average Bonchev–Trinajstić information content (AvgIpc) is 2.74. The van der Waals surface area contributed by atoms with Gasteiger partial charge in [-0.2, -0.15) is 0 Å². The minimum absolute atomic E-state index is 0.0740. The number of amides is 1. The van der Waals surface area contributed by atoms with Gasteiger partial charge in [0.1, 0.15) is 11.7 Å². The van der Waals surface area contributed by atoms with Crippen LogP contribution < -0.4 is 10.6 Å². The molecule has 0 aromatic heterocycles. The molecule has 176 valence electrons. The lowest BCUT2D eigenvalue weighted by Crippen LogP contribution is -2.53. The van der Waals surface area contributed by atoms with Crippen molar-refractivity contribution in [2.75, 3.05) is 61.1 Å². The van der Waals surface area contributed by atoms with E-state index in [1.165, 1.54) is 7.11 Å². The summed E-state index contributed by atoms with van der Waals surface area (Å²) in [4.78, 5) is 34.1. The lowest BCUT2D eigenvalue weighted by Gasteiger charge is -2.38. The van der Waals surface area contributed by atoms with E-state index in [4.69, 9.17) is 14.5 Å². The number of nitrogens with zero attached hydrogens (tertiary/aromatic N) is 3. The van der Waals surface area contributed by atoms with Crippen LogP contribution in [0.4, 0.5) is 0 Å². The van der Waals surface area contributed by atoms with Crippen LogP contribution in [-0.2, 0) is 19.1 Å². The fraction of sp³-hybridized carbons (Fsp3) is 0.773. The molecule has 9 heteroatoms. The van der Waals surface area contributed by atoms with Crippen LogP contribution >= 0.6 is 0 Å². The SMILES string of the molecule is COCCCNC1=C(C(=O)N(C)[C@@H]2CNC[C@H](C(=O)OC)C2)CN(C)C(C(C)(C)C)=N1. The van der Waals surface area contributed by atoms with Crippen LogP contribution in [0.15, 0.2) is 16.4 Å². The maximum atomic E-state index is 13.5.